The quantitative estimate of drug-likeness (QED) is 0.188. The molecule has 11 aromatic rings. The molecule has 3 aromatic heterocycles. The Morgan fingerprint density at radius 2 is 1.00 bits per heavy atom. The average Bonchev–Trinajstić information content (AvgIpc) is 3.74. The van der Waals surface area contributed by atoms with Crippen LogP contribution in [0.25, 0.3) is 105 Å². The molecule has 11 rings (SSSR count). The second-order valence-corrected chi connectivity index (χ2v) is 13.2. The fraction of sp³-hybridized carbons (Fsp3) is 0. The van der Waals surface area contributed by atoms with Gasteiger partial charge in [-0.05, 0) is 57.9 Å². The van der Waals surface area contributed by atoms with Gasteiger partial charge in [0, 0.05) is 38.2 Å². The number of para-hydroxylation sites is 2. The van der Waals surface area contributed by atoms with Crippen molar-refractivity contribution in [3.8, 4) is 39.9 Å². The first-order chi connectivity index (χ1) is 25.8. The Kier molecular flexibility index (Phi) is 6.18. The Labute approximate surface area is 298 Å². The van der Waals surface area contributed by atoms with E-state index in [0.717, 1.165) is 66.1 Å². The van der Waals surface area contributed by atoms with Gasteiger partial charge in [0.2, 0.25) is 0 Å². The van der Waals surface area contributed by atoms with E-state index in [0.29, 0.717) is 17.5 Å². The number of hydrogen-bond donors (Lipinski definition) is 0. The van der Waals surface area contributed by atoms with Gasteiger partial charge in [0.05, 0.1) is 16.7 Å². The van der Waals surface area contributed by atoms with Crippen LogP contribution >= 0.6 is 0 Å². The number of hydrogen-bond acceptors (Lipinski definition) is 4. The average molecular weight is 665 g/mol. The molecule has 0 aliphatic carbocycles. The normalized spacial score (nSPS) is 11.8. The highest BCUT2D eigenvalue weighted by Gasteiger charge is 2.23. The molecule has 0 saturated heterocycles. The summed E-state index contributed by atoms with van der Waals surface area (Å²) in [5, 5.41) is 9.08. The van der Waals surface area contributed by atoms with E-state index < -0.39 is 0 Å². The largest absolute Gasteiger partial charge is 0.456 e. The van der Waals surface area contributed by atoms with Gasteiger partial charge in [-0.1, -0.05) is 133 Å². The molecule has 5 heteroatoms. The molecule has 0 aliphatic rings. The van der Waals surface area contributed by atoms with Crippen LogP contribution in [0, 0.1) is 0 Å². The highest BCUT2D eigenvalue weighted by atomic mass is 16.3. The molecule has 52 heavy (non-hydrogen) atoms. The van der Waals surface area contributed by atoms with Crippen LogP contribution in [-0.2, 0) is 0 Å². The van der Waals surface area contributed by atoms with Gasteiger partial charge in [0.1, 0.15) is 11.2 Å². The Morgan fingerprint density at radius 1 is 0.365 bits per heavy atom. The van der Waals surface area contributed by atoms with Crippen molar-refractivity contribution in [3.63, 3.8) is 0 Å². The number of fused-ring (bicyclic) bond motifs is 8. The van der Waals surface area contributed by atoms with Crippen molar-refractivity contribution >= 4 is 65.3 Å². The van der Waals surface area contributed by atoms with Crippen molar-refractivity contribution in [2.45, 2.75) is 0 Å². The van der Waals surface area contributed by atoms with E-state index in [1.165, 1.54) is 21.5 Å². The molecule has 0 unspecified atom stereocenters. The minimum Gasteiger partial charge on any atom is -0.456 e. The van der Waals surface area contributed by atoms with E-state index in [-0.39, 0.29) is 0 Å². The van der Waals surface area contributed by atoms with Crippen LogP contribution in [0.4, 0.5) is 0 Å². The topological polar surface area (TPSA) is 56.7 Å². The number of nitrogens with zero attached hydrogens (tertiary/aromatic N) is 4. The zero-order valence-electron chi connectivity index (χ0n) is 27.9. The molecule has 0 amide bonds. The predicted octanol–water partition coefficient (Wildman–Crippen LogP) is 12.2. The van der Waals surface area contributed by atoms with Gasteiger partial charge in [-0.25, -0.2) is 15.0 Å². The summed E-state index contributed by atoms with van der Waals surface area (Å²) in [5.74, 6) is 1.79. The molecule has 0 fully saturated rings. The van der Waals surface area contributed by atoms with Crippen LogP contribution in [-0.4, -0.2) is 19.5 Å². The number of aromatic nitrogens is 4. The SMILES string of the molecule is c1ccc(-c2nc(-c3cc4oc5ccccc5c4cc3-n3c4ccccc4c4cc5ccccc5cc43)nc(-c3cccc4ccccc34)n2)cc1. The van der Waals surface area contributed by atoms with Gasteiger partial charge in [-0.2, -0.15) is 0 Å². The third kappa shape index (κ3) is 4.39. The van der Waals surface area contributed by atoms with E-state index in [4.69, 9.17) is 19.4 Å². The van der Waals surface area contributed by atoms with Crippen molar-refractivity contribution in [2.24, 2.45) is 0 Å². The molecule has 0 aliphatic heterocycles. The minimum atomic E-state index is 0.570. The fourth-order valence-electron chi connectivity index (χ4n) is 7.79. The predicted molar refractivity (Wildman–Crippen MR) is 213 cm³/mol. The standard InChI is InChI=1S/C47H28N4O/c1-2-14-30(15-3-1)45-48-46(36-22-12-18-29-13-6-7-19-33(29)36)50-47(49-45)39-28-44-38(35-21-9-11-24-43(35)52-44)27-42(39)51-40-23-10-8-20-34(40)37-25-31-16-4-5-17-32(31)26-41(37)51/h1-28H. The van der Waals surface area contributed by atoms with Crippen LogP contribution in [0.15, 0.2) is 174 Å². The molecule has 3 heterocycles. The summed E-state index contributed by atoms with van der Waals surface area (Å²) in [7, 11) is 0. The molecule has 0 bridgehead atoms. The Hall–Kier alpha value is -7.11. The minimum absolute atomic E-state index is 0.570. The summed E-state index contributed by atoms with van der Waals surface area (Å²) in [4.78, 5) is 15.7. The first-order valence-corrected chi connectivity index (χ1v) is 17.4. The highest BCUT2D eigenvalue weighted by Crippen LogP contribution is 2.41. The molecule has 0 radical (unpaired) electrons. The van der Waals surface area contributed by atoms with Crippen LogP contribution in [0.2, 0.25) is 0 Å². The Bertz CT molecular complexity index is 3190. The van der Waals surface area contributed by atoms with Gasteiger partial charge < -0.3 is 8.98 Å². The van der Waals surface area contributed by atoms with Crippen molar-refractivity contribution in [2.75, 3.05) is 0 Å². The number of furan rings is 1. The van der Waals surface area contributed by atoms with Crippen molar-refractivity contribution in [1.82, 2.24) is 19.5 Å². The van der Waals surface area contributed by atoms with E-state index in [2.05, 4.69) is 132 Å². The third-order valence-corrected chi connectivity index (χ3v) is 10.2. The molecular formula is C47H28N4O. The number of rotatable bonds is 4. The monoisotopic (exact) mass is 664 g/mol. The molecule has 0 saturated carbocycles. The van der Waals surface area contributed by atoms with Gasteiger partial charge in [-0.3, -0.25) is 0 Å². The maximum atomic E-state index is 6.53. The summed E-state index contributed by atoms with van der Waals surface area (Å²) >= 11 is 0. The maximum Gasteiger partial charge on any atom is 0.166 e. The molecule has 0 atom stereocenters. The lowest BCUT2D eigenvalue weighted by Crippen LogP contribution is -2.04. The lowest BCUT2D eigenvalue weighted by molar-refractivity contribution is 0.669. The van der Waals surface area contributed by atoms with Gasteiger partial charge in [-0.15, -0.1) is 0 Å². The molecule has 242 valence electrons. The van der Waals surface area contributed by atoms with Crippen molar-refractivity contribution < 1.29 is 4.42 Å². The molecule has 0 N–H and O–H groups in total. The zero-order chi connectivity index (χ0) is 34.2. The van der Waals surface area contributed by atoms with Crippen molar-refractivity contribution in [1.29, 1.82) is 0 Å². The van der Waals surface area contributed by atoms with Crippen LogP contribution in [0.3, 0.4) is 0 Å². The fourth-order valence-corrected chi connectivity index (χ4v) is 7.79. The lowest BCUT2D eigenvalue weighted by Gasteiger charge is -2.15. The van der Waals surface area contributed by atoms with Gasteiger partial charge in [0.15, 0.2) is 17.5 Å². The van der Waals surface area contributed by atoms with Crippen LogP contribution in [0.1, 0.15) is 0 Å². The highest BCUT2D eigenvalue weighted by molar-refractivity contribution is 6.15. The van der Waals surface area contributed by atoms with Crippen LogP contribution in [0.5, 0.6) is 0 Å². The Morgan fingerprint density at radius 3 is 1.85 bits per heavy atom. The first-order valence-electron chi connectivity index (χ1n) is 17.4. The smallest absolute Gasteiger partial charge is 0.166 e. The summed E-state index contributed by atoms with van der Waals surface area (Å²) in [5.41, 5.74) is 7.52. The first kappa shape index (κ1) is 28.7. The summed E-state index contributed by atoms with van der Waals surface area (Å²) in [6, 6.07) is 59.2. The summed E-state index contributed by atoms with van der Waals surface area (Å²) in [6.45, 7) is 0. The van der Waals surface area contributed by atoms with Gasteiger partial charge >= 0.3 is 0 Å². The Balaban J connectivity index is 1.28. The summed E-state index contributed by atoms with van der Waals surface area (Å²) in [6.07, 6.45) is 0. The number of benzene rings is 8. The van der Waals surface area contributed by atoms with Crippen molar-refractivity contribution in [3.05, 3.63) is 170 Å². The second-order valence-electron chi connectivity index (χ2n) is 13.2. The molecular weight excluding hydrogens is 637 g/mol. The van der Waals surface area contributed by atoms with E-state index >= 15 is 0 Å². The van der Waals surface area contributed by atoms with Gasteiger partial charge in [0.25, 0.3) is 0 Å². The van der Waals surface area contributed by atoms with E-state index in [1.807, 2.05) is 42.5 Å². The lowest BCUT2D eigenvalue weighted by atomic mass is 10.0. The van der Waals surface area contributed by atoms with E-state index in [9.17, 15) is 0 Å². The third-order valence-electron chi connectivity index (χ3n) is 10.2. The van der Waals surface area contributed by atoms with Crippen LogP contribution < -0.4 is 0 Å². The second kappa shape index (κ2) is 11.2. The molecule has 0 spiro atoms. The molecule has 5 nitrogen and oxygen atoms in total. The maximum absolute atomic E-state index is 6.53. The summed E-state index contributed by atoms with van der Waals surface area (Å²) < 4.78 is 8.90. The van der Waals surface area contributed by atoms with E-state index in [1.54, 1.807) is 0 Å². The molecule has 8 aromatic carbocycles. The zero-order valence-corrected chi connectivity index (χ0v) is 27.9.